The second-order valence-corrected chi connectivity index (χ2v) is 2.73. The minimum atomic E-state index is -1.22. The van der Waals surface area contributed by atoms with Crippen LogP contribution in [-0.2, 0) is 9.59 Å². The molecule has 0 radical (unpaired) electrons. The summed E-state index contributed by atoms with van der Waals surface area (Å²) in [6.07, 6.45) is 6.20. The van der Waals surface area contributed by atoms with Gasteiger partial charge in [0.15, 0.2) is 0 Å². The number of carbonyl (C=O) groups is 2. The van der Waals surface area contributed by atoms with Crippen LogP contribution in [0.15, 0.2) is 23.8 Å². The first-order valence-electron chi connectivity index (χ1n) is 4.39. The van der Waals surface area contributed by atoms with Gasteiger partial charge in [-0.2, -0.15) is 0 Å². The Kier molecular flexibility index (Phi) is 6.11. The molecule has 0 amide bonds. The number of allylic oxidation sites excluding steroid dienone is 2. The molecular formula is C10H14O4. The van der Waals surface area contributed by atoms with Crippen LogP contribution < -0.4 is 0 Å². The molecular weight excluding hydrogens is 184 g/mol. The number of rotatable bonds is 6. The summed E-state index contributed by atoms with van der Waals surface area (Å²) in [7, 11) is 0. The van der Waals surface area contributed by atoms with Crippen LogP contribution in [0.1, 0.15) is 26.2 Å². The molecule has 0 aliphatic heterocycles. The Morgan fingerprint density at radius 1 is 1.21 bits per heavy atom. The van der Waals surface area contributed by atoms with E-state index in [1.807, 2.05) is 19.1 Å². The van der Waals surface area contributed by atoms with Gasteiger partial charge in [0, 0.05) is 11.6 Å². The van der Waals surface area contributed by atoms with E-state index >= 15 is 0 Å². The maximum Gasteiger partial charge on any atom is 0.331 e. The Balaban J connectivity index is 4.19. The molecule has 0 unspecified atom stereocenters. The van der Waals surface area contributed by atoms with Gasteiger partial charge in [0.05, 0.1) is 0 Å². The van der Waals surface area contributed by atoms with Crippen LogP contribution in [0, 0.1) is 0 Å². The smallest absolute Gasteiger partial charge is 0.331 e. The molecule has 0 bridgehead atoms. The SMILES string of the molecule is CCC=CCC/C(=C/C(=O)O)C(=O)O. The normalized spacial score (nSPS) is 11.9. The Morgan fingerprint density at radius 2 is 1.86 bits per heavy atom. The van der Waals surface area contributed by atoms with Gasteiger partial charge < -0.3 is 10.2 Å². The first-order chi connectivity index (χ1) is 6.57. The first-order valence-corrected chi connectivity index (χ1v) is 4.39. The molecule has 4 nitrogen and oxygen atoms in total. The van der Waals surface area contributed by atoms with Crippen LogP contribution in [0.5, 0.6) is 0 Å². The highest BCUT2D eigenvalue weighted by molar-refractivity contribution is 5.94. The minimum Gasteiger partial charge on any atom is -0.478 e. The highest BCUT2D eigenvalue weighted by Crippen LogP contribution is 2.06. The third-order valence-electron chi connectivity index (χ3n) is 1.56. The molecule has 0 fully saturated rings. The van der Waals surface area contributed by atoms with Crippen LogP contribution in [0.25, 0.3) is 0 Å². The van der Waals surface area contributed by atoms with E-state index in [9.17, 15) is 9.59 Å². The van der Waals surface area contributed by atoms with Crippen LogP contribution >= 0.6 is 0 Å². The standard InChI is InChI=1S/C10H14O4/c1-2-3-4-5-6-8(10(13)14)7-9(11)12/h3-4,7H,2,5-6H2,1H3,(H,11,12)(H,13,14)/b4-3?,8-7-. The lowest BCUT2D eigenvalue weighted by molar-refractivity contribution is -0.135. The summed E-state index contributed by atoms with van der Waals surface area (Å²) < 4.78 is 0. The van der Waals surface area contributed by atoms with E-state index in [0.29, 0.717) is 6.42 Å². The average Bonchev–Trinajstić information content (AvgIpc) is 2.09. The number of aliphatic carboxylic acids is 2. The van der Waals surface area contributed by atoms with Crippen molar-refractivity contribution >= 4 is 11.9 Å². The Morgan fingerprint density at radius 3 is 2.29 bits per heavy atom. The minimum absolute atomic E-state index is 0.0711. The molecule has 78 valence electrons. The molecule has 0 spiro atoms. The van der Waals surface area contributed by atoms with Gasteiger partial charge in [0.1, 0.15) is 0 Å². The molecule has 0 saturated heterocycles. The second kappa shape index (κ2) is 6.88. The predicted octanol–water partition coefficient (Wildman–Crippen LogP) is 1.83. The highest BCUT2D eigenvalue weighted by atomic mass is 16.4. The van der Waals surface area contributed by atoms with Crippen molar-refractivity contribution in [2.45, 2.75) is 26.2 Å². The topological polar surface area (TPSA) is 74.6 Å². The van der Waals surface area contributed by atoms with E-state index in [-0.39, 0.29) is 12.0 Å². The third kappa shape index (κ3) is 5.99. The van der Waals surface area contributed by atoms with Gasteiger partial charge in [-0.3, -0.25) is 0 Å². The quantitative estimate of drug-likeness (QED) is 0.504. The first kappa shape index (κ1) is 12.4. The van der Waals surface area contributed by atoms with Crippen LogP contribution in [0.2, 0.25) is 0 Å². The molecule has 4 heteroatoms. The summed E-state index contributed by atoms with van der Waals surface area (Å²) in [4.78, 5) is 20.8. The summed E-state index contributed by atoms with van der Waals surface area (Å²) in [5.74, 6) is -2.39. The Hall–Kier alpha value is -1.58. The Labute approximate surface area is 82.6 Å². The van der Waals surface area contributed by atoms with E-state index in [0.717, 1.165) is 12.5 Å². The molecule has 0 rings (SSSR count). The fraction of sp³-hybridized carbons (Fsp3) is 0.400. The van der Waals surface area contributed by atoms with Crippen molar-refractivity contribution in [2.75, 3.05) is 0 Å². The predicted molar refractivity (Wildman–Crippen MR) is 52.0 cm³/mol. The molecule has 0 aromatic carbocycles. The summed E-state index contributed by atoms with van der Waals surface area (Å²) in [5.41, 5.74) is -0.0711. The van der Waals surface area contributed by atoms with Gasteiger partial charge >= 0.3 is 11.9 Å². The van der Waals surface area contributed by atoms with Gasteiger partial charge in [-0.15, -0.1) is 0 Å². The number of hydrogen-bond donors (Lipinski definition) is 2. The van der Waals surface area contributed by atoms with E-state index in [1.54, 1.807) is 0 Å². The number of carboxylic acids is 2. The summed E-state index contributed by atoms with van der Waals surface area (Å²) >= 11 is 0. The maximum absolute atomic E-state index is 10.5. The van der Waals surface area contributed by atoms with Crippen molar-refractivity contribution in [3.05, 3.63) is 23.8 Å². The lowest BCUT2D eigenvalue weighted by atomic mass is 10.1. The van der Waals surface area contributed by atoms with Gasteiger partial charge in [0.25, 0.3) is 0 Å². The van der Waals surface area contributed by atoms with Crippen LogP contribution in [-0.4, -0.2) is 22.2 Å². The van der Waals surface area contributed by atoms with Crippen molar-refractivity contribution in [1.29, 1.82) is 0 Å². The van der Waals surface area contributed by atoms with Crippen molar-refractivity contribution in [3.63, 3.8) is 0 Å². The molecule has 0 aliphatic rings. The number of carboxylic acid groups (broad SMARTS) is 2. The average molecular weight is 198 g/mol. The van der Waals surface area contributed by atoms with Gasteiger partial charge in [-0.1, -0.05) is 19.1 Å². The lowest BCUT2D eigenvalue weighted by Crippen LogP contribution is -2.03. The molecule has 0 heterocycles. The summed E-state index contributed by atoms with van der Waals surface area (Å²) in [6, 6.07) is 0. The molecule has 14 heavy (non-hydrogen) atoms. The van der Waals surface area contributed by atoms with Crippen molar-refractivity contribution in [2.24, 2.45) is 0 Å². The van der Waals surface area contributed by atoms with E-state index in [4.69, 9.17) is 10.2 Å². The largest absolute Gasteiger partial charge is 0.478 e. The number of hydrogen-bond acceptors (Lipinski definition) is 2. The molecule has 0 atom stereocenters. The molecule has 0 aromatic rings. The lowest BCUT2D eigenvalue weighted by Gasteiger charge is -1.97. The van der Waals surface area contributed by atoms with Crippen molar-refractivity contribution in [1.82, 2.24) is 0 Å². The molecule has 2 N–H and O–H groups in total. The fourth-order valence-electron chi connectivity index (χ4n) is 0.913. The van der Waals surface area contributed by atoms with Crippen molar-refractivity contribution in [3.8, 4) is 0 Å². The zero-order valence-electron chi connectivity index (χ0n) is 8.06. The fourth-order valence-corrected chi connectivity index (χ4v) is 0.913. The summed E-state index contributed by atoms with van der Waals surface area (Å²) in [5, 5.41) is 17.0. The maximum atomic E-state index is 10.5. The van der Waals surface area contributed by atoms with Gasteiger partial charge in [0.2, 0.25) is 0 Å². The monoisotopic (exact) mass is 198 g/mol. The third-order valence-corrected chi connectivity index (χ3v) is 1.56. The van der Waals surface area contributed by atoms with Crippen LogP contribution in [0.3, 0.4) is 0 Å². The molecule has 0 saturated carbocycles. The van der Waals surface area contributed by atoms with Crippen molar-refractivity contribution < 1.29 is 19.8 Å². The zero-order chi connectivity index (χ0) is 11.0. The highest BCUT2D eigenvalue weighted by Gasteiger charge is 2.07. The second-order valence-electron chi connectivity index (χ2n) is 2.73. The Bertz CT molecular complexity index is 263. The summed E-state index contributed by atoms with van der Waals surface area (Å²) in [6.45, 7) is 1.97. The van der Waals surface area contributed by atoms with Crippen LogP contribution in [0.4, 0.5) is 0 Å². The van der Waals surface area contributed by atoms with E-state index in [2.05, 4.69) is 0 Å². The van der Waals surface area contributed by atoms with Gasteiger partial charge in [-0.05, 0) is 19.3 Å². The van der Waals surface area contributed by atoms with E-state index < -0.39 is 11.9 Å². The molecule has 0 aromatic heterocycles. The van der Waals surface area contributed by atoms with Gasteiger partial charge in [-0.25, -0.2) is 9.59 Å². The molecule has 0 aliphatic carbocycles. The zero-order valence-corrected chi connectivity index (χ0v) is 8.06. The van der Waals surface area contributed by atoms with E-state index in [1.165, 1.54) is 0 Å².